The molecule has 0 atom stereocenters. The van der Waals surface area contributed by atoms with Crippen LogP contribution in [0.5, 0.6) is 0 Å². The predicted octanol–water partition coefficient (Wildman–Crippen LogP) is 2.55. The van der Waals surface area contributed by atoms with Crippen molar-refractivity contribution in [2.75, 3.05) is 6.54 Å². The lowest BCUT2D eigenvalue weighted by molar-refractivity contribution is 0.374. The van der Waals surface area contributed by atoms with Gasteiger partial charge in [-0.15, -0.1) is 0 Å². The van der Waals surface area contributed by atoms with Crippen LogP contribution in [0.25, 0.3) is 11.3 Å². The number of fused-ring (bicyclic) bond motifs is 1. The van der Waals surface area contributed by atoms with Crippen LogP contribution in [0.1, 0.15) is 23.8 Å². The van der Waals surface area contributed by atoms with Crippen molar-refractivity contribution in [3.63, 3.8) is 0 Å². The molecule has 1 aromatic heterocycles. The first kappa shape index (κ1) is 10.5. The highest BCUT2D eigenvalue weighted by atomic mass is 16.5. The summed E-state index contributed by atoms with van der Waals surface area (Å²) in [6.45, 7) is 4.01. The lowest BCUT2D eigenvalue weighted by atomic mass is 10.0. The van der Waals surface area contributed by atoms with Gasteiger partial charge in [0.05, 0.1) is 0 Å². The predicted molar refractivity (Wildman–Crippen MR) is 66.7 cm³/mol. The summed E-state index contributed by atoms with van der Waals surface area (Å²) in [7, 11) is 0. The smallest absolute Gasteiger partial charge is 0.143 e. The van der Waals surface area contributed by atoms with Crippen molar-refractivity contribution in [2.24, 2.45) is 0 Å². The van der Waals surface area contributed by atoms with Crippen LogP contribution in [0.15, 0.2) is 28.8 Å². The van der Waals surface area contributed by atoms with Crippen molar-refractivity contribution in [3.8, 4) is 11.3 Å². The van der Waals surface area contributed by atoms with Crippen LogP contribution >= 0.6 is 0 Å². The number of aromatic nitrogens is 1. The molecule has 1 aliphatic heterocycles. The Morgan fingerprint density at radius 1 is 1.29 bits per heavy atom. The maximum atomic E-state index is 5.41. The van der Waals surface area contributed by atoms with Gasteiger partial charge >= 0.3 is 0 Å². The van der Waals surface area contributed by atoms with Gasteiger partial charge in [-0.2, -0.15) is 0 Å². The zero-order chi connectivity index (χ0) is 11.7. The zero-order valence-corrected chi connectivity index (χ0v) is 9.99. The van der Waals surface area contributed by atoms with Gasteiger partial charge in [0, 0.05) is 30.6 Å². The molecule has 2 heterocycles. The fourth-order valence-electron chi connectivity index (χ4n) is 2.26. The highest BCUT2D eigenvalue weighted by Crippen LogP contribution is 2.27. The summed E-state index contributed by atoms with van der Waals surface area (Å²) in [6.07, 6.45) is 2.01. The maximum absolute atomic E-state index is 5.41. The summed E-state index contributed by atoms with van der Waals surface area (Å²) < 4.78 is 5.41. The summed E-state index contributed by atoms with van der Waals surface area (Å²) in [4.78, 5) is 0. The van der Waals surface area contributed by atoms with Gasteiger partial charge in [-0.3, -0.25) is 0 Å². The van der Waals surface area contributed by atoms with E-state index >= 15 is 0 Å². The molecule has 1 aliphatic rings. The Labute approximate surface area is 101 Å². The SMILES string of the molecule is CCc1ccc(-c2noc3c2CNCC3)cc1. The second-order valence-electron chi connectivity index (χ2n) is 4.41. The molecular weight excluding hydrogens is 212 g/mol. The number of benzene rings is 1. The van der Waals surface area contributed by atoms with Gasteiger partial charge < -0.3 is 9.84 Å². The molecule has 0 fully saturated rings. The Morgan fingerprint density at radius 3 is 2.88 bits per heavy atom. The first-order valence-corrected chi connectivity index (χ1v) is 6.16. The molecule has 0 amide bonds. The monoisotopic (exact) mass is 228 g/mol. The van der Waals surface area contributed by atoms with Gasteiger partial charge in [0.2, 0.25) is 0 Å². The molecule has 0 aliphatic carbocycles. The third-order valence-electron chi connectivity index (χ3n) is 3.34. The molecule has 0 radical (unpaired) electrons. The Kier molecular flexibility index (Phi) is 2.69. The van der Waals surface area contributed by atoms with E-state index in [4.69, 9.17) is 4.52 Å². The number of nitrogens with zero attached hydrogens (tertiary/aromatic N) is 1. The second kappa shape index (κ2) is 4.34. The van der Waals surface area contributed by atoms with Crippen molar-refractivity contribution < 1.29 is 4.52 Å². The van der Waals surface area contributed by atoms with Gasteiger partial charge in [-0.05, 0) is 12.0 Å². The van der Waals surface area contributed by atoms with E-state index < -0.39 is 0 Å². The Balaban J connectivity index is 2.00. The van der Waals surface area contributed by atoms with E-state index in [0.717, 1.165) is 42.9 Å². The quantitative estimate of drug-likeness (QED) is 0.858. The largest absolute Gasteiger partial charge is 0.360 e. The van der Waals surface area contributed by atoms with Gasteiger partial charge in [0.15, 0.2) is 0 Å². The summed E-state index contributed by atoms with van der Waals surface area (Å²) in [5.74, 6) is 1.04. The highest BCUT2D eigenvalue weighted by Gasteiger charge is 2.19. The molecular formula is C14H16N2O. The number of rotatable bonds is 2. The fraction of sp³-hybridized carbons (Fsp3) is 0.357. The van der Waals surface area contributed by atoms with Crippen LogP contribution < -0.4 is 5.32 Å². The topological polar surface area (TPSA) is 38.1 Å². The molecule has 3 heteroatoms. The highest BCUT2D eigenvalue weighted by molar-refractivity contribution is 5.64. The van der Waals surface area contributed by atoms with Crippen LogP contribution in [0.3, 0.4) is 0 Å². The summed E-state index contributed by atoms with van der Waals surface area (Å²) in [6, 6.07) is 8.58. The van der Waals surface area contributed by atoms with Crippen molar-refractivity contribution in [1.82, 2.24) is 10.5 Å². The van der Waals surface area contributed by atoms with Crippen molar-refractivity contribution >= 4 is 0 Å². The number of hydrogen-bond acceptors (Lipinski definition) is 3. The molecule has 1 N–H and O–H groups in total. The molecule has 0 spiro atoms. The zero-order valence-electron chi connectivity index (χ0n) is 9.99. The fourth-order valence-corrected chi connectivity index (χ4v) is 2.26. The normalized spacial score (nSPS) is 14.6. The summed E-state index contributed by atoms with van der Waals surface area (Å²) in [5.41, 5.74) is 4.72. The van der Waals surface area contributed by atoms with Gasteiger partial charge in [-0.1, -0.05) is 36.3 Å². The van der Waals surface area contributed by atoms with Gasteiger partial charge in [0.25, 0.3) is 0 Å². The number of hydrogen-bond donors (Lipinski definition) is 1. The lowest BCUT2D eigenvalue weighted by Gasteiger charge is -2.11. The van der Waals surface area contributed by atoms with Crippen LogP contribution in [0.4, 0.5) is 0 Å². The van der Waals surface area contributed by atoms with Crippen LogP contribution in [0.2, 0.25) is 0 Å². The molecule has 3 rings (SSSR count). The van der Waals surface area contributed by atoms with Crippen molar-refractivity contribution in [2.45, 2.75) is 26.3 Å². The standard InChI is InChI=1S/C14H16N2O/c1-2-10-3-5-11(6-4-10)14-12-9-15-8-7-13(12)17-16-14/h3-6,15H,2,7-9H2,1H3. The van der Waals surface area contributed by atoms with Crippen LogP contribution in [-0.4, -0.2) is 11.7 Å². The minimum absolute atomic E-state index is 0.865. The molecule has 0 unspecified atom stereocenters. The van der Waals surface area contributed by atoms with E-state index in [1.807, 2.05) is 0 Å². The van der Waals surface area contributed by atoms with Crippen LogP contribution in [0, 0.1) is 0 Å². The molecule has 0 saturated heterocycles. The van der Waals surface area contributed by atoms with E-state index in [2.05, 4.69) is 41.7 Å². The molecule has 3 nitrogen and oxygen atoms in total. The first-order valence-electron chi connectivity index (χ1n) is 6.16. The minimum atomic E-state index is 0.865. The van der Waals surface area contributed by atoms with Crippen LogP contribution in [-0.2, 0) is 19.4 Å². The summed E-state index contributed by atoms with van der Waals surface area (Å²) >= 11 is 0. The Morgan fingerprint density at radius 2 is 2.12 bits per heavy atom. The van der Waals surface area contributed by atoms with Crippen molar-refractivity contribution in [3.05, 3.63) is 41.2 Å². The molecule has 0 bridgehead atoms. The average Bonchev–Trinajstić information content (AvgIpc) is 2.83. The third-order valence-corrected chi connectivity index (χ3v) is 3.34. The number of aryl methyl sites for hydroxylation is 1. The van der Waals surface area contributed by atoms with E-state index in [1.165, 1.54) is 11.1 Å². The van der Waals surface area contributed by atoms with Crippen molar-refractivity contribution in [1.29, 1.82) is 0 Å². The van der Waals surface area contributed by atoms with E-state index in [-0.39, 0.29) is 0 Å². The second-order valence-corrected chi connectivity index (χ2v) is 4.41. The third kappa shape index (κ3) is 1.87. The maximum Gasteiger partial charge on any atom is 0.143 e. The van der Waals surface area contributed by atoms with E-state index in [1.54, 1.807) is 0 Å². The van der Waals surface area contributed by atoms with Gasteiger partial charge in [0.1, 0.15) is 11.5 Å². The molecule has 88 valence electrons. The molecule has 2 aromatic rings. The van der Waals surface area contributed by atoms with Gasteiger partial charge in [-0.25, -0.2) is 0 Å². The van der Waals surface area contributed by atoms with E-state index in [0.29, 0.717) is 0 Å². The minimum Gasteiger partial charge on any atom is -0.360 e. The average molecular weight is 228 g/mol. The number of nitrogens with one attached hydrogen (secondary N) is 1. The Hall–Kier alpha value is -1.61. The summed E-state index contributed by atoms with van der Waals surface area (Å²) in [5, 5.41) is 7.57. The molecule has 17 heavy (non-hydrogen) atoms. The van der Waals surface area contributed by atoms with E-state index in [9.17, 15) is 0 Å². The Bertz CT molecular complexity index is 514. The molecule has 1 aromatic carbocycles. The first-order chi connectivity index (χ1) is 8.38. The lowest BCUT2D eigenvalue weighted by Crippen LogP contribution is -2.22. The molecule has 0 saturated carbocycles.